The molecule has 1 heterocycles. The molecule has 0 spiro atoms. The fraction of sp³-hybridized carbons (Fsp3) is 0.600. The van der Waals surface area contributed by atoms with E-state index in [0.29, 0.717) is 13.0 Å². The summed E-state index contributed by atoms with van der Waals surface area (Å²) in [7, 11) is 0. The van der Waals surface area contributed by atoms with Gasteiger partial charge in [0.25, 0.3) is 0 Å². The number of rotatable bonds is 3. The minimum atomic E-state index is -4.13. The zero-order valence-electron chi connectivity index (χ0n) is 11.1. The average molecular weight is 271 g/mol. The van der Waals surface area contributed by atoms with Crippen LogP contribution < -0.4 is 5.32 Å². The average Bonchev–Trinajstić information content (AvgIpc) is 2.38. The standard InChI is InChI=1S/C15H20F3N/c1-2-5-11-6-3-7-12(10-11)14-13(15(16,17)18)8-4-9-19-14/h3,6-7,10,13-14,19H,2,4-5,8-9H2,1H3. The fourth-order valence-electron chi connectivity index (χ4n) is 2.82. The van der Waals surface area contributed by atoms with Gasteiger partial charge in [0.15, 0.2) is 0 Å². The Morgan fingerprint density at radius 3 is 2.79 bits per heavy atom. The van der Waals surface area contributed by atoms with Gasteiger partial charge in [-0.1, -0.05) is 37.6 Å². The summed E-state index contributed by atoms with van der Waals surface area (Å²) in [5, 5.41) is 3.04. The molecule has 1 aliphatic heterocycles. The maximum atomic E-state index is 13.1. The molecule has 1 fully saturated rings. The first-order valence-corrected chi connectivity index (χ1v) is 6.91. The highest BCUT2D eigenvalue weighted by atomic mass is 19.4. The van der Waals surface area contributed by atoms with Crippen LogP contribution in [-0.2, 0) is 6.42 Å². The molecule has 2 atom stereocenters. The van der Waals surface area contributed by atoms with Crippen molar-refractivity contribution in [3.8, 4) is 0 Å². The zero-order chi connectivity index (χ0) is 13.9. The van der Waals surface area contributed by atoms with Gasteiger partial charge in [-0.2, -0.15) is 13.2 Å². The Balaban J connectivity index is 2.24. The van der Waals surface area contributed by atoms with E-state index in [4.69, 9.17) is 0 Å². The molecule has 1 aromatic rings. The molecule has 1 aromatic carbocycles. The van der Waals surface area contributed by atoms with Crippen LogP contribution in [-0.4, -0.2) is 12.7 Å². The Kier molecular flexibility index (Phi) is 4.50. The van der Waals surface area contributed by atoms with Gasteiger partial charge in [-0.15, -0.1) is 0 Å². The second-order valence-corrected chi connectivity index (χ2v) is 5.22. The molecular formula is C15H20F3N. The number of hydrogen-bond donors (Lipinski definition) is 1. The summed E-state index contributed by atoms with van der Waals surface area (Å²) in [5.74, 6) is -1.27. The van der Waals surface area contributed by atoms with E-state index in [1.54, 1.807) is 6.07 Å². The molecule has 0 aromatic heterocycles. The summed E-state index contributed by atoms with van der Waals surface area (Å²) in [4.78, 5) is 0. The quantitative estimate of drug-likeness (QED) is 0.867. The van der Waals surface area contributed by atoms with Crippen molar-refractivity contribution in [2.24, 2.45) is 5.92 Å². The molecule has 1 aliphatic rings. The minimum Gasteiger partial charge on any atom is -0.309 e. The molecule has 1 nitrogen and oxygen atoms in total. The van der Waals surface area contributed by atoms with E-state index in [1.807, 2.05) is 18.2 Å². The number of hydrogen-bond acceptors (Lipinski definition) is 1. The number of halogens is 3. The van der Waals surface area contributed by atoms with E-state index in [-0.39, 0.29) is 6.42 Å². The molecule has 2 unspecified atom stereocenters. The van der Waals surface area contributed by atoms with Crippen LogP contribution in [0.5, 0.6) is 0 Å². The number of nitrogens with one attached hydrogen (secondary N) is 1. The lowest BCUT2D eigenvalue weighted by atomic mass is 9.85. The van der Waals surface area contributed by atoms with E-state index in [9.17, 15) is 13.2 Å². The van der Waals surface area contributed by atoms with Gasteiger partial charge in [0.05, 0.1) is 5.92 Å². The van der Waals surface area contributed by atoms with Crippen molar-refractivity contribution in [3.63, 3.8) is 0 Å². The van der Waals surface area contributed by atoms with Gasteiger partial charge >= 0.3 is 6.18 Å². The van der Waals surface area contributed by atoms with E-state index in [0.717, 1.165) is 24.0 Å². The van der Waals surface area contributed by atoms with Gasteiger partial charge < -0.3 is 5.32 Å². The van der Waals surface area contributed by atoms with Crippen molar-refractivity contribution in [1.29, 1.82) is 0 Å². The molecule has 1 saturated heterocycles. The predicted octanol–water partition coefficient (Wildman–Crippen LogP) is 4.24. The highest BCUT2D eigenvalue weighted by molar-refractivity contribution is 5.27. The van der Waals surface area contributed by atoms with Crippen LogP contribution in [0.2, 0.25) is 0 Å². The molecule has 106 valence electrons. The third-order valence-electron chi connectivity index (χ3n) is 3.73. The van der Waals surface area contributed by atoms with Crippen LogP contribution in [0.4, 0.5) is 13.2 Å². The van der Waals surface area contributed by atoms with Crippen LogP contribution >= 0.6 is 0 Å². The van der Waals surface area contributed by atoms with Crippen LogP contribution in [0.1, 0.15) is 43.4 Å². The third kappa shape index (κ3) is 3.50. The molecule has 0 amide bonds. The summed E-state index contributed by atoms with van der Waals surface area (Å²) >= 11 is 0. The first-order chi connectivity index (χ1) is 9.02. The second-order valence-electron chi connectivity index (χ2n) is 5.22. The molecule has 0 aliphatic carbocycles. The summed E-state index contributed by atoms with van der Waals surface area (Å²) < 4.78 is 39.3. The number of alkyl halides is 3. The maximum absolute atomic E-state index is 13.1. The smallest absolute Gasteiger partial charge is 0.309 e. The molecule has 1 N–H and O–H groups in total. The molecule has 0 bridgehead atoms. The molecule has 2 rings (SSSR count). The lowest BCUT2D eigenvalue weighted by Crippen LogP contribution is -2.41. The molecule has 0 saturated carbocycles. The van der Waals surface area contributed by atoms with Crippen molar-refractivity contribution in [2.75, 3.05) is 6.54 Å². The van der Waals surface area contributed by atoms with Crippen molar-refractivity contribution >= 4 is 0 Å². The molecular weight excluding hydrogens is 251 g/mol. The largest absolute Gasteiger partial charge is 0.393 e. The Hall–Kier alpha value is -1.03. The Morgan fingerprint density at radius 1 is 1.32 bits per heavy atom. The van der Waals surface area contributed by atoms with Crippen molar-refractivity contribution < 1.29 is 13.2 Å². The van der Waals surface area contributed by atoms with Gasteiger partial charge in [-0.05, 0) is 36.9 Å². The van der Waals surface area contributed by atoms with Gasteiger partial charge in [-0.3, -0.25) is 0 Å². The van der Waals surface area contributed by atoms with Crippen LogP contribution in [0.25, 0.3) is 0 Å². The van der Waals surface area contributed by atoms with Crippen LogP contribution in [0.15, 0.2) is 24.3 Å². The Morgan fingerprint density at radius 2 is 2.11 bits per heavy atom. The minimum absolute atomic E-state index is 0.221. The van der Waals surface area contributed by atoms with Crippen molar-refractivity contribution in [1.82, 2.24) is 5.32 Å². The summed E-state index contributed by atoms with van der Waals surface area (Å²) in [5.41, 5.74) is 1.89. The SMILES string of the molecule is CCCc1cccc(C2NCCCC2C(F)(F)F)c1. The normalized spacial score (nSPS) is 24.4. The third-order valence-corrected chi connectivity index (χ3v) is 3.73. The second kappa shape index (κ2) is 5.95. The lowest BCUT2D eigenvalue weighted by Gasteiger charge is -2.34. The van der Waals surface area contributed by atoms with Crippen molar-refractivity contribution in [2.45, 2.75) is 44.8 Å². The zero-order valence-corrected chi connectivity index (χ0v) is 11.1. The van der Waals surface area contributed by atoms with E-state index in [2.05, 4.69) is 12.2 Å². The summed E-state index contributed by atoms with van der Waals surface area (Å²) in [6.45, 7) is 2.74. The Bertz CT molecular complexity index is 414. The maximum Gasteiger partial charge on any atom is 0.393 e. The van der Waals surface area contributed by atoms with Crippen LogP contribution in [0, 0.1) is 5.92 Å². The fourth-order valence-corrected chi connectivity index (χ4v) is 2.82. The van der Waals surface area contributed by atoms with E-state index >= 15 is 0 Å². The number of benzene rings is 1. The monoisotopic (exact) mass is 271 g/mol. The van der Waals surface area contributed by atoms with E-state index < -0.39 is 18.1 Å². The first kappa shape index (κ1) is 14.4. The number of piperidine rings is 1. The van der Waals surface area contributed by atoms with Crippen LogP contribution in [0.3, 0.4) is 0 Å². The highest BCUT2D eigenvalue weighted by Crippen LogP contribution is 2.41. The Labute approximate surface area is 112 Å². The molecule has 19 heavy (non-hydrogen) atoms. The van der Waals surface area contributed by atoms with Gasteiger partial charge in [0, 0.05) is 6.04 Å². The lowest BCUT2D eigenvalue weighted by molar-refractivity contribution is -0.189. The summed E-state index contributed by atoms with van der Waals surface area (Å²) in [6, 6.07) is 6.99. The topological polar surface area (TPSA) is 12.0 Å². The van der Waals surface area contributed by atoms with E-state index in [1.165, 1.54) is 0 Å². The first-order valence-electron chi connectivity index (χ1n) is 6.91. The summed E-state index contributed by atoms with van der Waals surface area (Å²) in [6.07, 6.45) is -1.39. The number of aryl methyl sites for hydroxylation is 1. The van der Waals surface area contributed by atoms with Crippen molar-refractivity contribution in [3.05, 3.63) is 35.4 Å². The predicted molar refractivity (Wildman–Crippen MR) is 70.0 cm³/mol. The molecule has 4 heteroatoms. The van der Waals surface area contributed by atoms with Gasteiger partial charge in [-0.25, -0.2) is 0 Å². The molecule has 0 radical (unpaired) electrons. The highest BCUT2D eigenvalue weighted by Gasteiger charge is 2.45. The van der Waals surface area contributed by atoms with Gasteiger partial charge in [0.1, 0.15) is 0 Å². The van der Waals surface area contributed by atoms with Gasteiger partial charge in [0.2, 0.25) is 0 Å².